The first-order chi connectivity index (χ1) is 7.75. The number of fused-ring (bicyclic) bond motifs is 3. The van der Waals surface area contributed by atoms with Crippen LogP contribution in [-0.2, 0) is 11.3 Å². The fourth-order valence-corrected chi connectivity index (χ4v) is 2.08. The molecule has 0 aliphatic carbocycles. The van der Waals surface area contributed by atoms with Crippen LogP contribution in [0.4, 0.5) is 5.95 Å². The van der Waals surface area contributed by atoms with Crippen molar-refractivity contribution in [3.8, 4) is 0 Å². The van der Waals surface area contributed by atoms with Gasteiger partial charge in [-0.05, 0) is 18.6 Å². The number of rotatable bonds is 0. The van der Waals surface area contributed by atoms with Crippen LogP contribution in [0.3, 0.4) is 0 Å². The molecule has 0 saturated heterocycles. The van der Waals surface area contributed by atoms with E-state index in [9.17, 15) is 4.79 Å². The van der Waals surface area contributed by atoms with Crippen molar-refractivity contribution in [2.75, 3.05) is 5.32 Å². The Morgan fingerprint density at radius 2 is 2.25 bits per heavy atom. The minimum atomic E-state index is 0.0560. The zero-order chi connectivity index (χ0) is 11.1. The maximum Gasteiger partial charge on any atom is 0.229 e. The van der Waals surface area contributed by atoms with Gasteiger partial charge in [-0.25, -0.2) is 4.98 Å². The molecule has 1 aliphatic rings. The van der Waals surface area contributed by atoms with Crippen LogP contribution in [0.1, 0.15) is 13.3 Å². The highest BCUT2D eigenvalue weighted by atomic mass is 16.2. The minimum Gasteiger partial charge on any atom is -0.310 e. The molecule has 16 heavy (non-hydrogen) atoms. The standard InChI is InChI=1S/C12H13N3O/c1-8-6-7-15-10-5-3-2-4-9(10)13-12(15)14-11(8)16/h2-5,8H,6-7H2,1H3,(H,13,14,16). The number of hydrogen-bond acceptors (Lipinski definition) is 2. The van der Waals surface area contributed by atoms with Crippen LogP contribution in [-0.4, -0.2) is 15.5 Å². The number of hydrogen-bond donors (Lipinski definition) is 1. The Morgan fingerprint density at radius 1 is 1.44 bits per heavy atom. The normalized spacial score (nSPS) is 20.3. The molecule has 3 rings (SSSR count). The van der Waals surface area contributed by atoms with Crippen molar-refractivity contribution in [1.29, 1.82) is 0 Å². The van der Waals surface area contributed by atoms with Crippen molar-refractivity contribution in [2.45, 2.75) is 19.9 Å². The zero-order valence-corrected chi connectivity index (χ0v) is 9.10. The van der Waals surface area contributed by atoms with Gasteiger partial charge in [0.05, 0.1) is 11.0 Å². The largest absolute Gasteiger partial charge is 0.310 e. The summed E-state index contributed by atoms with van der Waals surface area (Å²) in [6.45, 7) is 2.79. The Morgan fingerprint density at radius 3 is 3.12 bits per heavy atom. The van der Waals surface area contributed by atoms with Gasteiger partial charge in [0.25, 0.3) is 0 Å². The summed E-state index contributed by atoms with van der Waals surface area (Å²) < 4.78 is 2.08. The quantitative estimate of drug-likeness (QED) is 0.730. The van der Waals surface area contributed by atoms with E-state index in [1.807, 2.05) is 31.2 Å². The van der Waals surface area contributed by atoms with E-state index in [1.54, 1.807) is 0 Å². The molecule has 1 aromatic heterocycles. The van der Waals surface area contributed by atoms with Gasteiger partial charge < -0.3 is 4.57 Å². The molecule has 1 unspecified atom stereocenters. The second-order valence-electron chi connectivity index (χ2n) is 4.25. The molecule has 0 spiro atoms. The Labute approximate surface area is 93.3 Å². The Balaban J connectivity index is 2.17. The van der Waals surface area contributed by atoms with E-state index < -0.39 is 0 Å². The first-order valence-corrected chi connectivity index (χ1v) is 5.52. The Kier molecular flexibility index (Phi) is 1.96. The van der Waals surface area contributed by atoms with Crippen molar-refractivity contribution < 1.29 is 4.79 Å². The predicted molar refractivity (Wildman–Crippen MR) is 62.1 cm³/mol. The number of imidazole rings is 1. The van der Waals surface area contributed by atoms with E-state index in [2.05, 4.69) is 14.9 Å². The maximum atomic E-state index is 11.7. The third-order valence-corrected chi connectivity index (χ3v) is 3.12. The molecule has 1 aromatic carbocycles. The molecule has 1 N–H and O–H groups in total. The molecule has 0 fully saturated rings. The fourth-order valence-electron chi connectivity index (χ4n) is 2.08. The molecular weight excluding hydrogens is 202 g/mol. The number of carbonyl (C=O) groups excluding carboxylic acids is 1. The highest BCUT2D eigenvalue weighted by molar-refractivity contribution is 5.93. The van der Waals surface area contributed by atoms with Gasteiger partial charge >= 0.3 is 0 Å². The lowest BCUT2D eigenvalue weighted by molar-refractivity contribution is -0.119. The number of amides is 1. The van der Waals surface area contributed by atoms with Crippen LogP contribution in [0.25, 0.3) is 11.0 Å². The number of para-hydroxylation sites is 2. The van der Waals surface area contributed by atoms with Gasteiger partial charge in [-0.15, -0.1) is 0 Å². The van der Waals surface area contributed by atoms with E-state index in [0.717, 1.165) is 24.0 Å². The van der Waals surface area contributed by atoms with Crippen LogP contribution >= 0.6 is 0 Å². The van der Waals surface area contributed by atoms with Crippen molar-refractivity contribution in [2.24, 2.45) is 5.92 Å². The van der Waals surface area contributed by atoms with Crippen molar-refractivity contribution in [3.63, 3.8) is 0 Å². The van der Waals surface area contributed by atoms with Gasteiger partial charge in [0.1, 0.15) is 0 Å². The van der Waals surface area contributed by atoms with Gasteiger partial charge in [0, 0.05) is 12.5 Å². The van der Waals surface area contributed by atoms with E-state index in [-0.39, 0.29) is 11.8 Å². The number of aryl methyl sites for hydroxylation is 1. The Hall–Kier alpha value is -1.84. The number of benzene rings is 1. The van der Waals surface area contributed by atoms with Crippen molar-refractivity contribution in [3.05, 3.63) is 24.3 Å². The van der Waals surface area contributed by atoms with Gasteiger partial charge in [0.2, 0.25) is 11.9 Å². The lowest BCUT2D eigenvalue weighted by Crippen LogP contribution is -2.18. The van der Waals surface area contributed by atoms with Crippen LogP contribution in [0.5, 0.6) is 0 Å². The van der Waals surface area contributed by atoms with Crippen LogP contribution in [0, 0.1) is 5.92 Å². The van der Waals surface area contributed by atoms with Gasteiger partial charge in [0.15, 0.2) is 0 Å². The van der Waals surface area contributed by atoms with E-state index in [4.69, 9.17) is 0 Å². The summed E-state index contributed by atoms with van der Waals surface area (Å²) in [6, 6.07) is 7.95. The summed E-state index contributed by atoms with van der Waals surface area (Å²) in [5.41, 5.74) is 2.03. The van der Waals surface area contributed by atoms with Gasteiger partial charge in [-0.1, -0.05) is 19.1 Å². The molecule has 1 amide bonds. The lowest BCUT2D eigenvalue weighted by atomic mass is 10.1. The molecule has 1 aliphatic heterocycles. The van der Waals surface area contributed by atoms with Crippen LogP contribution in [0.15, 0.2) is 24.3 Å². The molecule has 0 radical (unpaired) electrons. The molecular formula is C12H13N3O. The number of carbonyl (C=O) groups is 1. The zero-order valence-electron chi connectivity index (χ0n) is 9.10. The smallest absolute Gasteiger partial charge is 0.229 e. The summed E-state index contributed by atoms with van der Waals surface area (Å²) in [7, 11) is 0. The van der Waals surface area contributed by atoms with Gasteiger partial charge in [-0.2, -0.15) is 0 Å². The molecule has 0 saturated carbocycles. The molecule has 1 atom stereocenters. The van der Waals surface area contributed by atoms with Gasteiger partial charge in [-0.3, -0.25) is 10.1 Å². The topological polar surface area (TPSA) is 46.9 Å². The average molecular weight is 215 g/mol. The summed E-state index contributed by atoms with van der Waals surface area (Å²) in [5.74, 6) is 0.796. The van der Waals surface area contributed by atoms with Crippen molar-refractivity contribution in [1.82, 2.24) is 9.55 Å². The van der Waals surface area contributed by atoms with E-state index >= 15 is 0 Å². The third-order valence-electron chi connectivity index (χ3n) is 3.12. The molecule has 2 heterocycles. The summed E-state index contributed by atoms with van der Waals surface area (Å²) in [4.78, 5) is 16.1. The maximum absolute atomic E-state index is 11.7. The number of anilines is 1. The average Bonchev–Trinajstić information content (AvgIpc) is 2.56. The summed E-state index contributed by atoms with van der Waals surface area (Å²) >= 11 is 0. The molecule has 0 bridgehead atoms. The van der Waals surface area contributed by atoms with E-state index in [1.165, 1.54) is 0 Å². The molecule has 4 nitrogen and oxygen atoms in total. The molecule has 4 heteroatoms. The number of nitrogens with zero attached hydrogens (tertiary/aromatic N) is 2. The third kappa shape index (κ3) is 1.30. The monoisotopic (exact) mass is 215 g/mol. The van der Waals surface area contributed by atoms with Crippen LogP contribution in [0.2, 0.25) is 0 Å². The first kappa shape index (κ1) is 9.39. The summed E-state index contributed by atoms with van der Waals surface area (Å²) in [5, 5.41) is 2.87. The molecule has 82 valence electrons. The number of nitrogens with one attached hydrogen (secondary N) is 1. The Bertz CT molecular complexity index is 558. The minimum absolute atomic E-state index is 0.0560. The van der Waals surface area contributed by atoms with Crippen molar-refractivity contribution >= 4 is 22.9 Å². The highest BCUT2D eigenvalue weighted by Gasteiger charge is 2.21. The second kappa shape index (κ2) is 3.33. The lowest BCUT2D eigenvalue weighted by Gasteiger charge is -2.03. The SMILES string of the molecule is CC1CCn2c(nc3ccccc32)NC1=O. The molecule has 2 aromatic rings. The predicted octanol–water partition coefficient (Wildman–Crippen LogP) is 2.01. The summed E-state index contributed by atoms with van der Waals surface area (Å²) in [6.07, 6.45) is 0.860. The van der Waals surface area contributed by atoms with E-state index in [0.29, 0.717) is 5.95 Å². The van der Waals surface area contributed by atoms with Crippen LogP contribution < -0.4 is 5.32 Å². The number of aromatic nitrogens is 2. The highest BCUT2D eigenvalue weighted by Crippen LogP contribution is 2.24. The fraction of sp³-hybridized carbons (Fsp3) is 0.333. The second-order valence-corrected chi connectivity index (χ2v) is 4.25. The first-order valence-electron chi connectivity index (χ1n) is 5.52.